The molecule has 0 heterocycles. The summed E-state index contributed by atoms with van der Waals surface area (Å²) in [6, 6.07) is 6.34. The summed E-state index contributed by atoms with van der Waals surface area (Å²) < 4.78 is 31.0. The molecule has 1 unspecified atom stereocenters. The molecule has 0 saturated carbocycles. The molecule has 4 nitrogen and oxygen atoms in total. The van der Waals surface area contributed by atoms with Gasteiger partial charge in [-0.25, -0.2) is 13.6 Å². The van der Waals surface area contributed by atoms with Crippen LogP contribution in [0, 0.1) is 0 Å². The average molecular weight is 286 g/mol. The van der Waals surface area contributed by atoms with E-state index in [1.54, 1.807) is 39.0 Å². The number of anilines is 1. The van der Waals surface area contributed by atoms with Gasteiger partial charge in [-0.15, -0.1) is 0 Å². The van der Waals surface area contributed by atoms with Gasteiger partial charge in [-0.05, 0) is 32.4 Å². The fourth-order valence-corrected chi connectivity index (χ4v) is 1.71. The van der Waals surface area contributed by atoms with Crippen molar-refractivity contribution >= 4 is 11.8 Å². The predicted molar refractivity (Wildman–Crippen MR) is 74.1 cm³/mol. The van der Waals surface area contributed by atoms with Gasteiger partial charge in [0.05, 0.1) is 5.92 Å². The molecule has 1 rings (SSSR count). The van der Waals surface area contributed by atoms with E-state index in [4.69, 9.17) is 10.5 Å². The molecule has 0 spiro atoms. The molecule has 0 bridgehead atoms. The van der Waals surface area contributed by atoms with Gasteiger partial charge in [-0.1, -0.05) is 18.2 Å². The second-order valence-electron chi connectivity index (χ2n) is 5.39. The van der Waals surface area contributed by atoms with Gasteiger partial charge in [0, 0.05) is 12.2 Å². The maximum absolute atomic E-state index is 12.9. The SMILES string of the molecule is CC(C)(C)OC(=O)Nc1ccccc1C(CN)C(F)F. The van der Waals surface area contributed by atoms with Crippen molar-refractivity contribution in [2.24, 2.45) is 5.73 Å². The summed E-state index contributed by atoms with van der Waals surface area (Å²) in [7, 11) is 0. The van der Waals surface area contributed by atoms with Gasteiger partial charge in [0.1, 0.15) is 5.60 Å². The van der Waals surface area contributed by atoms with Gasteiger partial charge in [0.15, 0.2) is 0 Å². The monoisotopic (exact) mass is 286 g/mol. The van der Waals surface area contributed by atoms with Crippen LogP contribution in [0.2, 0.25) is 0 Å². The average Bonchev–Trinajstić information content (AvgIpc) is 2.29. The van der Waals surface area contributed by atoms with Crippen LogP contribution in [0.15, 0.2) is 24.3 Å². The van der Waals surface area contributed by atoms with Crippen LogP contribution in [0.4, 0.5) is 19.3 Å². The van der Waals surface area contributed by atoms with Crippen molar-refractivity contribution in [1.82, 2.24) is 0 Å². The van der Waals surface area contributed by atoms with Crippen LogP contribution < -0.4 is 11.1 Å². The van der Waals surface area contributed by atoms with Crippen molar-refractivity contribution in [2.45, 2.75) is 38.7 Å². The minimum Gasteiger partial charge on any atom is -0.444 e. The van der Waals surface area contributed by atoms with Gasteiger partial charge in [-0.3, -0.25) is 5.32 Å². The summed E-state index contributed by atoms with van der Waals surface area (Å²) in [4.78, 5) is 11.7. The Hall–Kier alpha value is -1.69. The third kappa shape index (κ3) is 4.77. The van der Waals surface area contributed by atoms with Crippen molar-refractivity contribution in [3.8, 4) is 0 Å². The van der Waals surface area contributed by atoms with E-state index in [-0.39, 0.29) is 12.2 Å². The largest absolute Gasteiger partial charge is 0.444 e. The zero-order chi connectivity index (χ0) is 15.3. The fraction of sp³-hybridized carbons (Fsp3) is 0.500. The Morgan fingerprint density at radius 1 is 1.35 bits per heavy atom. The number of hydrogen-bond donors (Lipinski definition) is 2. The summed E-state index contributed by atoms with van der Waals surface area (Å²) >= 11 is 0. The quantitative estimate of drug-likeness (QED) is 0.892. The van der Waals surface area contributed by atoms with Crippen LogP contribution in [0.1, 0.15) is 32.3 Å². The number of carbonyl (C=O) groups is 1. The topological polar surface area (TPSA) is 64.3 Å². The molecular weight excluding hydrogens is 266 g/mol. The second-order valence-corrected chi connectivity index (χ2v) is 5.39. The van der Waals surface area contributed by atoms with Crippen molar-refractivity contribution in [2.75, 3.05) is 11.9 Å². The molecule has 6 heteroatoms. The lowest BCUT2D eigenvalue weighted by molar-refractivity contribution is 0.0634. The lowest BCUT2D eigenvalue weighted by Crippen LogP contribution is -2.28. The van der Waals surface area contributed by atoms with Crippen LogP contribution >= 0.6 is 0 Å². The number of hydrogen-bond acceptors (Lipinski definition) is 3. The number of nitrogens with one attached hydrogen (secondary N) is 1. The van der Waals surface area contributed by atoms with Crippen molar-refractivity contribution < 1.29 is 18.3 Å². The zero-order valence-electron chi connectivity index (χ0n) is 11.8. The van der Waals surface area contributed by atoms with Gasteiger partial charge < -0.3 is 10.5 Å². The number of ether oxygens (including phenoxy) is 1. The summed E-state index contributed by atoms with van der Waals surface area (Å²) in [6.07, 6.45) is -3.28. The molecule has 0 aliphatic rings. The number of benzene rings is 1. The molecule has 0 radical (unpaired) electrons. The molecule has 3 N–H and O–H groups in total. The summed E-state index contributed by atoms with van der Waals surface area (Å²) in [5.41, 5.74) is 5.32. The number of halogens is 2. The van der Waals surface area contributed by atoms with E-state index >= 15 is 0 Å². The zero-order valence-corrected chi connectivity index (χ0v) is 11.8. The molecule has 1 aromatic carbocycles. The van der Waals surface area contributed by atoms with Gasteiger partial charge in [0.2, 0.25) is 6.43 Å². The van der Waals surface area contributed by atoms with Crippen LogP contribution in [-0.2, 0) is 4.74 Å². The van der Waals surface area contributed by atoms with Crippen LogP contribution in [-0.4, -0.2) is 24.7 Å². The van der Waals surface area contributed by atoms with Gasteiger partial charge in [0.25, 0.3) is 0 Å². The normalized spacial score (nSPS) is 13.2. The molecule has 1 aromatic rings. The van der Waals surface area contributed by atoms with E-state index in [2.05, 4.69) is 5.32 Å². The van der Waals surface area contributed by atoms with Crippen LogP contribution in [0.25, 0.3) is 0 Å². The first-order chi connectivity index (χ1) is 9.24. The highest BCUT2D eigenvalue weighted by Gasteiger charge is 2.24. The summed E-state index contributed by atoms with van der Waals surface area (Å²) in [6.45, 7) is 4.96. The molecule has 0 aliphatic heterocycles. The Morgan fingerprint density at radius 3 is 2.45 bits per heavy atom. The van der Waals surface area contributed by atoms with Gasteiger partial charge >= 0.3 is 6.09 Å². The highest BCUT2D eigenvalue weighted by atomic mass is 19.3. The van der Waals surface area contributed by atoms with Crippen LogP contribution in [0.5, 0.6) is 0 Å². The van der Waals surface area contributed by atoms with E-state index in [1.165, 1.54) is 6.07 Å². The maximum atomic E-state index is 12.9. The molecule has 112 valence electrons. The Morgan fingerprint density at radius 2 is 1.95 bits per heavy atom. The van der Waals surface area contributed by atoms with Gasteiger partial charge in [-0.2, -0.15) is 0 Å². The van der Waals surface area contributed by atoms with E-state index in [0.29, 0.717) is 5.56 Å². The van der Waals surface area contributed by atoms with E-state index in [0.717, 1.165) is 0 Å². The van der Waals surface area contributed by atoms with Crippen molar-refractivity contribution in [3.05, 3.63) is 29.8 Å². The smallest absolute Gasteiger partial charge is 0.412 e. The highest BCUT2D eigenvalue weighted by molar-refractivity contribution is 5.86. The predicted octanol–water partition coefficient (Wildman–Crippen LogP) is 3.34. The fourth-order valence-electron chi connectivity index (χ4n) is 1.71. The summed E-state index contributed by atoms with van der Waals surface area (Å²) in [5, 5.41) is 2.49. The van der Waals surface area contributed by atoms with E-state index in [9.17, 15) is 13.6 Å². The minimum absolute atomic E-state index is 0.204. The lowest BCUT2D eigenvalue weighted by Gasteiger charge is -2.22. The Balaban J connectivity index is 2.93. The Labute approximate surface area is 117 Å². The number of alkyl halides is 2. The molecular formula is C14H20F2N2O2. The standard InChI is InChI=1S/C14H20F2N2O2/c1-14(2,3)20-13(19)18-11-7-5-4-6-9(11)10(8-17)12(15)16/h4-7,10,12H,8,17H2,1-3H3,(H,18,19). The van der Waals surface area contributed by atoms with E-state index < -0.39 is 24.0 Å². The first-order valence-corrected chi connectivity index (χ1v) is 6.31. The first-order valence-electron chi connectivity index (χ1n) is 6.31. The molecule has 1 amide bonds. The van der Waals surface area contributed by atoms with Crippen molar-refractivity contribution in [3.63, 3.8) is 0 Å². The number of amides is 1. The number of nitrogens with two attached hydrogens (primary N) is 1. The first kappa shape index (κ1) is 16.4. The third-order valence-electron chi connectivity index (χ3n) is 2.55. The molecule has 1 atom stereocenters. The number of para-hydroxylation sites is 1. The molecule has 20 heavy (non-hydrogen) atoms. The Kier molecular flexibility index (Phi) is 5.44. The van der Waals surface area contributed by atoms with Crippen molar-refractivity contribution in [1.29, 1.82) is 0 Å². The van der Waals surface area contributed by atoms with Crippen LogP contribution in [0.3, 0.4) is 0 Å². The number of carbonyl (C=O) groups excluding carboxylic acids is 1. The van der Waals surface area contributed by atoms with E-state index in [1.807, 2.05) is 0 Å². The Bertz CT molecular complexity index is 459. The molecule has 0 aliphatic carbocycles. The second kappa shape index (κ2) is 6.65. The highest BCUT2D eigenvalue weighted by Crippen LogP contribution is 2.29. The molecule has 0 saturated heterocycles. The molecule has 0 fully saturated rings. The summed E-state index contributed by atoms with van der Waals surface area (Å²) in [5.74, 6) is -1.12. The maximum Gasteiger partial charge on any atom is 0.412 e. The molecule has 0 aromatic heterocycles. The number of rotatable bonds is 4. The third-order valence-corrected chi connectivity index (χ3v) is 2.55. The minimum atomic E-state index is -2.60. The lowest BCUT2D eigenvalue weighted by atomic mass is 9.98.